The largest absolute Gasteiger partial charge is 1.00 e. The molecule has 0 radical (unpaired) electrons. The number of unbranched alkanes of at least 4 members (excludes halogenated alkanes) is 5. The molecule has 9 heteroatoms. The first-order valence-electron chi connectivity index (χ1n) is 9.16. The third-order valence-electron chi connectivity index (χ3n) is 3.53. The number of hydrogen-bond donors (Lipinski definition) is 0. The average molecular weight is 554 g/mol. The molecule has 0 spiro atoms. The van der Waals surface area contributed by atoms with Crippen molar-refractivity contribution in [3.05, 3.63) is 61.7 Å². The van der Waals surface area contributed by atoms with Gasteiger partial charge in [0.25, 0.3) is 0 Å². The normalized spacial score (nSPS) is 12.0. The van der Waals surface area contributed by atoms with Crippen LogP contribution >= 0.6 is 8.16 Å². The first-order chi connectivity index (χ1) is 13.1. The van der Waals surface area contributed by atoms with Gasteiger partial charge in [0.05, 0.1) is 6.61 Å². The Morgan fingerprint density at radius 1 is 0.724 bits per heavy atom. The maximum Gasteiger partial charge on any atom is -1.00 e. The van der Waals surface area contributed by atoms with Crippen molar-refractivity contribution in [1.29, 1.82) is 0 Å². The first kappa shape index (κ1) is 28.0. The predicted octanol–water partition coefficient (Wildman–Crippen LogP) is 2.52. The molecular weight excluding hydrogens is 528 g/mol. The summed E-state index contributed by atoms with van der Waals surface area (Å²) < 4.78 is 57.9. The third-order valence-corrected chi connectivity index (χ3v) is 6.22. The number of hydrogen-bond acceptors (Lipinski definition) is 1. The van der Waals surface area contributed by atoms with E-state index in [2.05, 4.69) is 61.5 Å². The van der Waals surface area contributed by atoms with Gasteiger partial charge >= 0.3 is 50.3 Å². The molecule has 0 unspecified atom stereocenters. The molecule has 0 saturated heterocycles. The smallest absolute Gasteiger partial charge is 1.00 e. The first-order valence-corrected chi connectivity index (χ1v) is 13.0. The molecule has 2 aromatic carbocycles. The zero-order valence-corrected chi connectivity index (χ0v) is 19.2. The third kappa shape index (κ3) is 18.7. The molecular formula is C20H26F6IOP. The zero-order valence-electron chi connectivity index (χ0n) is 16.1. The molecule has 0 N–H and O–H groups in total. The Morgan fingerprint density at radius 2 is 1.21 bits per heavy atom. The second kappa shape index (κ2) is 14.1. The summed E-state index contributed by atoms with van der Waals surface area (Å²) in [6, 6.07) is 19.4. The molecule has 0 fully saturated rings. The Morgan fingerprint density at radius 3 is 1.76 bits per heavy atom. The summed E-state index contributed by atoms with van der Waals surface area (Å²) in [5, 5.41) is 0. The molecule has 0 saturated carbocycles. The molecule has 1 nitrogen and oxygen atoms in total. The molecule has 29 heavy (non-hydrogen) atoms. The van der Waals surface area contributed by atoms with Gasteiger partial charge in [-0.3, -0.25) is 0 Å². The fourth-order valence-electron chi connectivity index (χ4n) is 2.27. The Labute approximate surface area is 179 Å². The van der Waals surface area contributed by atoms with E-state index >= 15 is 0 Å². The molecule has 0 aliphatic heterocycles. The van der Waals surface area contributed by atoms with Crippen LogP contribution in [0.1, 0.15) is 45.4 Å². The number of halogens is 7. The number of benzene rings is 2. The fourth-order valence-corrected chi connectivity index (χ4v) is 4.48. The molecule has 2 rings (SSSR count). The van der Waals surface area contributed by atoms with Crippen LogP contribution in [-0.4, -0.2) is 6.61 Å². The summed E-state index contributed by atoms with van der Waals surface area (Å²) in [7, 11) is -8.55. The van der Waals surface area contributed by atoms with E-state index in [-0.39, 0.29) is 25.9 Å². The van der Waals surface area contributed by atoms with Crippen molar-refractivity contribution in [3.63, 3.8) is 0 Å². The molecule has 0 heterocycles. The second-order valence-corrected chi connectivity index (χ2v) is 10.4. The molecule has 0 bridgehead atoms. The van der Waals surface area contributed by atoms with Gasteiger partial charge in [0.15, 0.2) is 7.14 Å². The van der Waals surface area contributed by atoms with E-state index in [1.54, 1.807) is 0 Å². The van der Waals surface area contributed by atoms with E-state index in [1.165, 1.54) is 45.7 Å². The predicted molar refractivity (Wildman–Crippen MR) is 102 cm³/mol. The van der Waals surface area contributed by atoms with Crippen molar-refractivity contribution in [3.8, 4) is 5.75 Å². The molecule has 2 aromatic rings. The summed E-state index contributed by atoms with van der Waals surface area (Å²) in [5.74, 6) is 1.01. The van der Waals surface area contributed by atoms with Crippen LogP contribution in [0.15, 0.2) is 54.6 Å². The molecule has 0 atom stereocenters. The molecule has 0 amide bonds. The van der Waals surface area contributed by atoms with Gasteiger partial charge in [-0.25, -0.2) is 0 Å². The maximum atomic E-state index is 9.84. The van der Waals surface area contributed by atoms with Crippen LogP contribution in [0.2, 0.25) is 0 Å². The van der Waals surface area contributed by atoms with E-state index in [1.807, 2.05) is 0 Å². The minimum atomic E-state index is -8.55. The molecule has 0 aliphatic carbocycles. The van der Waals surface area contributed by atoms with Gasteiger partial charge in [-0.2, -0.15) is 0 Å². The van der Waals surface area contributed by atoms with Gasteiger partial charge in [-0.1, -0.05) is 57.2 Å². The van der Waals surface area contributed by atoms with Crippen molar-refractivity contribution in [2.45, 2.75) is 45.4 Å². The van der Waals surface area contributed by atoms with E-state index in [0.717, 1.165) is 12.4 Å². The Bertz CT molecular complexity index is 645. The topological polar surface area (TPSA) is 9.23 Å². The van der Waals surface area contributed by atoms with E-state index in [4.69, 9.17) is 4.74 Å². The van der Waals surface area contributed by atoms with Crippen LogP contribution in [-0.2, 0) is 0 Å². The molecule has 166 valence electrons. The van der Waals surface area contributed by atoms with E-state index in [9.17, 15) is 21.0 Å². The minimum absolute atomic E-state index is 0. The summed E-state index contributed by atoms with van der Waals surface area (Å²) in [6.07, 6.45) is 7.85. The van der Waals surface area contributed by atoms with Gasteiger partial charge in [0, 0.05) is 0 Å². The van der Waals surface area contributed by atoms with Crippen molar-refractivity contribution in [2.75, 3.05) is 6.61 Å². The van der Waals surface area contributed by atoms with Crippen LogP contribution in [0.4, 0.5) is 21.0 Å². The Hall–Kier alpha value is -1.02. The monoisotopic (exact) mass is 554 g/mol. The van der Waals surface area contributed by atoms with Crippen LogP contribution in [0.25, 0.3) is 0 Å². The van der Waals surface area contributed by atoms with Gasteiger partial charge in [0.2, 0.25) is 0 Å². The van der Waals surface area contributed by atoms with Crippen molar-refractivity contribution < 1.29 is 51.6 Å². The quantitative estimate of drug-likeness (QED) is 0.190. The number of rotatable bonds is 10. The van der Waals surface area contributed by atoms with Crippen molar-refractivity contribution in [1.82, 2.24) is 0 Å². The Balaban J connectivity index is 0.000000981. The van der Waals surface area contributed by atoms with Gasteiger partial charge < -0.3 is 9.44 Å². The van der Waals surface area contributed by atoms with Crippen LogP contribution in [0.5, 0.6) is 5.75 Å². The van der Waals surface area contributed by atoms with Crippen LogP contribution in [0, 0.1) is 7.14 Å². The second-order valence-electron chi connectivity index (χ2n) is 6.10. The average Bonchev–Trinajstić information content (AvgIpc) is 2.61. The zero-order chi connectivity index (χ0) is 20.9. The van der Waals surface area contributed by atoms with E-state index < -0.39 is 8.16 Å². The maximum absolute atomic E-state index is 9.84. The molecule has 0 aromatic heterocycles. The van der Waals surface area contributed by atoms with Gasteiger partial charge in [0.1, 0.15) is 5.75 Å². The van der Waals surface area contributed by atoms with Crippen molar-refractivity contribution in [2.24, 2.45) is 0 Å². The fraction of sp³-hybridized carbons (Fsp3) is 0.400. The standard InChI is InChI=1S/C20H26IO.F5P.FH/c1-2-3-4-5-6-10-17-22-20-15-13-19(14-16-20)21-18-11-8-7-9-12-18;1-6(2,3,4)5;/h7-9,11-16H,2-6,10,17H2,1H3;;1H/q+1;;/p-1. The summed E-state index contributed by atoms with van der Waals surface area (Å²) >= 11 is -0.0655. The summed E-state index contributed by atoms with van der Waals surface area (Å²) in [5.41, 5.74) is 0. The summed E-state index contributed by atoms with van der Waals surface area (Å²) in [6.45, 7) is 3.10. The number of ether oxygens (including phenoxy) is 1. The van der Waals surface area contributed by atoms with Crippen molar-refractivity contribution >= 4 is 8.16 Å². The summed E-state index contributed by atoms with van der Waals surface area (Å²) in [4.78, 5) is 0. The Kier molecular flexibility index (Phi) is 13.6. The SMILES string of the molecule is CCCCCCCCOc1ccc([I+]c2ccccc2)cc1.FP(F)(F)(F)F.[F-]. The minimum Gasteiger partial charge on any atom is -1.00 e. The van der Waals surface area contributed by atoms with Gasteiger partial charge in [-0.15, -0.1) is 0 Å². The van der Waals surface area contributed by atoms with Crippen LogP contribution < -0.4 is 30.6 Å². The van der Waals surface area contributed by atoms with E-state index in [0.29, 0.717) is 0 Å². The molecule has 0 aliphatic rings. The van der Waals surface area contributed by atoms with Gasteiger partial charge in [-0.05, 0) is 42.8 Å². The van der Waals surface area contributed by atoms with Crippen LogP contribution in [0.3, 0.4) is 0 Å².